The van der Waals surface area contributed by atoms with E-state index in [1.165, 1.54) is 28.9 Å². The van der Waals surface area contributed by atoms with Gasteiger partial charge in [0.25, 0.3) is 5.91 Å². The molecule has 2 N–H and O–H groups in total. The first-order valence-corrected chi connectivity index (χ1v) is 9.43. The highest BCUT2D eigenvalue weighted by atomic mass is 35.5. The van der Waals surface area contributed by atoms with Crippen molar-refractivity contribution in [1.82, 2.24) is 20.4 Å². The Bertz CT molecular complexity index is 1000. The molecule has 29 heavy (non-hydrogen) atoms. The number of nitrogens with zero attached hydrogens (tertiary/aromatic N) is 2. The van der Waals surface area contributed by atoms with Crippen LogP contribution in [0.5, 0.6) is 0 Å². The molecular weight excluding hydrogens is 395 g/mol. The van der Waals surface area contributed by atoms with E-state index in [2.05, 4.69) is 15.7 Å². The van der Waals surface area contributed by atoms with Crippen LogP contribution in [-0.2, 0) is 11.3 Å². The molecule has 0 bridgehead atoms. The zero-order valence-corrected chi connectivity index (χ0v) is 16.5. The number of amides is 2. The lowest BCUT2D eigenvalue weighted by molar-refractivity contribution is -0.121. The lowest BCUT2D eigenvalue weighted by Crippen LogP contribution is -2.30. The number of halogens is 2. The predicted octanol–water partition coefficient (Wildman–Crippen LogP) is 3.41. The second-order valence-corrected chi connectivity index (χ2v) is 6.77. The number of carbonyl (C=O) groups excluding carboxylic acids is 2. The van der Waals surface area contributed by atoms with Crippen molar-refractivity contribution in [2.24, 2.45) is 0 Å². The summed E-state index contributed by atoms with van der Waals surface area (Å²) in [6.07, 6.45) is 0.140. The number of nitrogens with one attached hydrogen (secondary N) is 2. The van der Waals surface area contributed by atoms with Crippen molar-refractivity contribution in [3.63, 3.8) is 0 Å². The van der Waals surface area contributed by atoms with Gasteiger partial charge in [0.1, 0.15) is 11.0 Å². The van der Waals surface area contributed by atoms with Crippen LogP contribution in [0.25, 0.3) is 5.69 Å². The fourth-order valence-corrected chi connectivity index (χ4v) is 3.13. The Morgan fingerprint density at radius 3 is 2.45 bits per heavy atom. The van der Waals surface area contributed by atoms with E-state index in [1.807, 2.05) is 30.3 Å². The Labute approximate surface area is 172 Å². The summed E-state index contributed by atoms with van der Waals surface area (Å²) in [4.78, 5) is 24.5. The first kappa shape index (κ1) is 20.5. The van der Waals surface area contributed by atoms with Crippen molar-refractivity contribution in [2.45, 2.75) is 19.9 Å². The Morgan fingerprint density at radius 2 is 1.76 bits per heavy atom. The number of rotatable bonds is 7. The standard InChI is InChI=1S/C21H20ClFN4O2/c1-14-19(20(22)27(26-14)17-9-7-16(23)8-10-17)21(29)24-12-11-18(28)25-13-15-5-3-2-4-6-15/h2-10H,11-13H2,1H3,(H,24,29)(H,25,28). The third-order valence-electron chi connectivity index (χ3n) is 4.27. The van der Waals surface area contributed by atoms with Crippen LogP contribution in [0.15, 0.2) is 54.6 Å². The average molecular weight is 415 g/mol. The molecule has 150 valence electrons. The molecule has 0 atom stereocenters. The molecule has 2 amide bonds. The van der Waals surface area contributed by atoms with Gasteiger partial charge in [-0.1, -0.05) is 41.9 Å². The predicted molar refractivity (Wildman–Crippen MR) is 109 cm³/mol. The lowest BCUT2D eigenvalue weighted by atomic mass is 10.2. The minimum atomic E-state index is -0.420. The van der Waals surface area contributed by atoms with Gasteiger partial charge < -0.3 is 10.6 Å². The quantitative estimate of drug-likeness (QED) is 0.622. The van der Waals surface area contributed by atoms with Crippen molar-refractivity contribution >= 4 is 23.4 Å². The molecule has 0 aliphatic heterocycles. The SMILES string of the molecule is Cc1nn(-c2ccc(F)cc2)c(Cl)c1C(=O)NCCC(=O)NCc1ccccc1. The van der Waals surface area contributed by atoms with E-state index in [1.54, 1.807) is 6.92 Å². The number of hydrogen-bond donors (Lipinski definition) is 2. The number of carbonyl (C=O) groups is 2. The molecule has 0 radical (unpaired) electrons. The molecule has 0 spiro atoms. The van der Waals surface area contributed by atoms with Crippen LogP contribution in [0.3, 0.4) is 0 Å². The topological polar surface area (TPSA) is 76.0 Å². The van der Waals surface area contributed by atoms with Gasteiger partial charge in [0.2, 0.25) is 5.91 Å². The third-order valence-corrected chi connectivity index (χ3v) is 4.62. The summed E-state index contributed by atoms with van der Waals surface area (Å²) in [7, 11) is 0. The van der Waals surface area contributed by atoms with Gasteiger partial charge in [-0.15, -0.1) is 0 Å². The molecule has 0 aliphatic rings. The largest absolute Gasteiger partial charge is 0.352 e. The van der Waals surface area contributed by atoms with E-state index in [4.69, 9.17) is 11.6 Å². The normalized spacial score (nSPS) is 10.6. The maximum absolute atomic E-state index is 13.1. The van der Waals surface area contributed by atoms with Gasteiger partial charge in [0, 0.05) is 19.5 Å². The molecule has 0 unspecified atom stereocenters. The number of aryl methyl sites for hydroxylation is 1. The molecule has 0 aliphatic carbocycles. The maximum atomic E-state index is 13.1. The number of hydrogen-bond acceptors (Lipinski definition) is 3. The van der Waals surface area contributed by atoms with E-state index in [0.29, 0.717) is 17.9 Å². The maximum Gasteiger partial charge on any atom is 0.256 e. The highest BCUT2D eigenvalue weighted by Crippen LogP contribution is 2.23. The highest BCUT2D eigenvalue weighted by molar-refractivity contribution is 6.33. The summed E-state index contributed by atoms with van der Waals surface area (Å²) in [6, 6.07) is 15.2. The minimum Gasteiger partial charge on any atom is -0.352 e. The van der Waals surface area contributed by atoms with Crippen LogP contribution in [0.2, 0.25) is 5.15 Å². The molecule has 3 aromatic rings. The van der Waals surface area contributed by atoms with Crippen LogP contribution in [0.4, 0.5) is 4.39 Å². The van der Waals surface area contributed by atoms with Crippen molar-refractivity contribution in [3.8, 4) is 5.69 Å². The van der Waals surface area contributed by atoms with Gasteiger partial charge >= 0.3 is 0 Å². The lowest BCUT2D eigenvalue weighted by Gasteiger charge is -2.07. The van der Waals surface area contributed by atoms with Crippen molar-refractivity contribution < 1.29 is 14.0 Å². The molecule has 0 fully saturated rings. The van der Waals surface area contributed by atoms with E-state index >= 15 is 0 Å². The van der Waals surface area contributed by atoms with Gasteiger partial charge in [0.05, 0.1) is 16.9 Å². The Hall–Kier alpha value is -3.19. The van der Waals surface area contributed by atoms with Gasteiger partial charge in [0.15, 0.2) is 0 Å². The first-order chi connectivity index (χ1) is 14.0. The van der Waals surface area contributed by atoms with Crippen molar-refractivity contribution in [3.05, 3.63) is 82.4 Å². The molecule has 2 aromatic carbocycles. The molecule has 6 nitrogen and oxygen atoms in total. The van der Waals surface area contributed by atoms with Gasteiger partial charge in [-0.25, -0.2) is 9.07 Å². The zero-order valence-electron chi connectivity index (χ0n) is 15.8. The monoisotopic (exact) mass is 414 g/mol. The summed E-state index contributed by atoms with van der Waals surface area (Å²) >= 11 is 6.32. The van der Waals surface area contributed by atoms with Crippen LogP contribution >= 0.6 is 11.6 Å². The summed E-state index contributed by atoms with van der Waals surface area (Å²) in [6.45, 7) is 2.26. The number of aromatic nitrogens is 2. The summed E-state index contributed by atoms with van der Waals surface area (Å²) < 4.78 is 14.5. The van der Waals surface area contributed by atoms with Crippen molar-refractivity contribution in [1.29, 1.82) is 0 Å². The molecule has 1 heterocycles. The molecule has 3 rings (SSSR count). The first-order valence-electron chi connectivity index (χ1n) is 9.05. The van der Waals surface area contributed by atoms with E-state index in [-0.39, 0.29) is 35.4 Å². The zero-order chi connectivity index (χ0) is 20.8. The van der Waals surface area contributed by atoms with Crippen LogP contribution < -0.4 is 10.6 Å². The van der Waals surface area contributed by atoms with Crippen LogP contribution in [0.1, 0.15) is 28.0 Å². The minimum absolute atomic E-state index is 0.125. The fourth-order valence-electron chi connectivity index (χ4n) is 2.77. The Balaban J connectivity index is 1.55. The fraction of sp³-hybridized carbons (Fsp3) is 0.190. The second kappa shape index (κ2) is 9.34. The van der Waals surface area contributed by atoms with Crippen LogP contribution in [-0.4, -0.2) is 28.1 Å². The molecule has 8 heteroatoms. The average Bonchev–Trinajstić information content (AvgIpc) is 3.02. The summed E-state index contributed by atoms with van der Waals surface area (Å²) in [5.74, 6) is -0.965. The van der Waals surface area contributed by atoms with E-state index < -0.39 is 5.91 Å². The summed E-state index contributed by atoms with van der Waals surface area (Å²) in [5.41, 5.74) is 2.20. The second-order valence-electron chi connectivity index (χ2n) is 6.41. The Morgan fingerprint density at radius 1 is 1.07 bits per heavy atom. The summed E-state index contributed by atoms with van der Waals surface area (Å²) in [5, 5.41) is 9.87. The molecule has 0 saturated heterocycles. The van der Waals surface area contributed by atoms with E-state index in [9.17, 15) is 14.0 Å². The van der Waals surface area contributed by atoms with Gasteiger partial charge in [-0.3, -0.25) is 9.59 Å². The van der Waals surface area contributed by atoms with Crippen LogP contribution in [0, 0.1) is 12.7 Å². The number of benzene rings is 2. The smallest absolute Gasteiger partial charge is 0.256 e. The molecular formula is C21H20ClFN4O2. The third kappa shape index (κ3) is 5.20. The van der Waals surface area contributed by atoms with E-state index in [0.717, 1.165) is 5.56 Å². The Kier molecular flexibility index (Phi) is 6.61. The van der Waals surface area contributed by atoms with Crippen molar-refractivity contribution in [2.75, 3.05) is 6.54 Å². The highest BCUT2D eigenvalue weighted by Gasteiger charge is 2.21. The molecule has 0 saturated carbocycles. The van der Waals surface area contributed by atoms with Gasteiger partial charge in [-0.2, -0.15) is 5.10 Å². The van der Waals surface area contributed by atoms with Gasteiger partial charge in [-0.05, 0) is 36.8 Å². The molecule has 1 aromatic heterocycles.